The Kier molecular flexibility index (Phi) is 5.04. The summed E-state index contributed by atoms with van der Waals surface area (Å²) in [5, 5.41) is 10.3. The maximum atomic E-state index is 12.9. The van der Waals surface area contributed by atoms with E-state index in [0.717, 1.165) is 29.7 Å². The highest BCUT2D eigenvalue weighted by atomic mass is 32.1. The molecule has 3 aromatic rings. The van der Waals surface area contributed by atoms with Gasteiger partial charge in [0, 0.05) is 4.88 Å². The van der Waals surface area contributed by atoms with Gasteiger partial charge in [0.1, 0.15) is 22.1 Å². The van der Waals surface area contributed by atoms with Crippen molar-refractivity contribution < 1.29 is 18.5 Å². The Hall–Kier alpha value is -2.87. The Balaban J connectivity index is 1.60. The summed E-state index contributed by atoms with van der Waals surface area (Å²) in [6.45, 7) is 3.93. The molecule has 0 aromatic carbocycles. The molecule has 1 aliphatic carbocycles. The lowest BCUT2D eigenvalue weighted by Gasteiger charge is -2.09. The molecule has 146 valence electrons. The van der Waals surface area contributed by atoms with E-state index in [1.165, 1.54) is 11.3 Å². The van der Waals surface area contributed by atoms with E-state index in [4.69, 9.17) is 8.94 Å². The molecular formula is C20H21N3O4S. The van der Waals surface area contributed by atoms with E-state index < -0.39 is 0 Å². The van der Waals surface area contributed by atoms with Gasteiger partial charge in [-0.2, -0.15) is 0 Å². The van der Waals surface area contributed by atoms with Gasteiger partial charge in [-0.15, -0.1) is 11.3 Å². The summed E-state index contributed by atoms with van der Waals surface area (Å²) in [6.07, 6.45) is 4.97. The molecule has 0 atom stereocenters. The summed E-state index contributed by atoms with van der Waals surface area (Å²) in [5.41, 5.74) is 2.65. The molecule has 0 fully saturated rings. The van der Waals surface area contributed by atoms with Gasteiger partial charge in [0.05, 0.1) is 24.1 Å². The van der Waals surface area contributed by atoms with Gasteiger partial charge in [0.2, 0.25) is 0 Å². The molecule has 0 spiro atoms. The van der Waals surface area contributed by atoms with Crippen LogP contribution in [0.3, 0.4) is 0 Å². The zero-order chi connectivity index (χ0) is 19.7. The molecule has 2 amide bonds. The van der Waals surface area contributed by atoms with Crippen LogP contribution in [0.2, 0.25) is 0 Å². The van der Waals surface area contributed by atoms with Crippen LogP contribution in [-0.4, -0.2) is 17.0 Å². The number of rotatable bonds is 6. The van der Waals surface area contributed by atoms with Gasteiger partial charge in [-0.25, -0.2) is 0 Å². The van der Waals surface area contributed by atoms with Gasteiger partial charge in [0.15, 0.2) is 0 Å². The number of anilines is 1. The second kappa shape index (κ2) is 7.63. The third kappa shape index (κ3) is 3.35. The number of nitrogens with zero attached hydrogens (tertiary/aromatic N) is 1. The third-order valence-corrected chi connectivity index (χ3v) is 6.08. The molecule has 0 saturated heterocycles. The Morgan fingerprint density at radius 1 is 1.25 bits per heavy atom. The van der Waals surface area contributed by atoms with Gasteiger partial charge >= 0.3 is 0 Å². The van der Waals surface area contributed by atoms with Gasteiger partial charge < -0.3 is 19.6 Å². The predicted octanol–water partition coefficient (Wildman–Crippen LogP) is 3.87. The fourth-order valence-electron chi connectivity index (χ4n) is 3.52. The van der Waals surface area contributed by atoms with Crippen LogP contribution in [0.25, 0.3) is 0 Å². The van der Waals surface area contributed by atoms with E-state index in [1.54, 1.807) is 19.3 Å². The Labute approximate surface area is 166 Å². The largest absolute Gasteiger partial charge is 0.467 e. The number of carbonyl (C=O) groups excluding carboxylic acids is 2. The van der Waals surface area contributed by atoms with Crippen LogP contribution in [0.5, 0.6) is 0 Å². The second-order valence-electron chi connectivity index (χ2n) is 6.69. The van der Waals surface area contributed by atoms with E-state index in [0.29, 0.717) is 46.3 Å². The number of hydrogen-bond acceptors (Lipinski definition) is 6. The number of thiophene rings is 1. The molecule has 8 heteroatoms. The van der Waals surface area contributed by atoms with E-state index in [-0.39, 0.29) is 11.8 Å². The number of amides is 2. The summed E-state index contributed by atoms with van der Waals surface area (Å²) in [5.74, 6) is 0.653. The summed E-state index contributed by atoms with van der Waals surface area (Å²) < 4.78 is 10.4. The quantitative estimate of drug-likeness (QED) is 0.656. The lowest BCUT2D eigenvalue weighted by Crippen LogP contribution is -2.25. The maximum absolute atomic E-state index is 12.9. The molecule has 0 unspecified atom stereocenters. The zero-order valence-corrected chi connectivity index (χ0v) is 16.6. The van der Waals surface area contributed by atoms with Crippen LogP contribution in [0.1, 0.15) is 61.7 Å². The maximum Gasteiger partial charge on any atom is 0.261 e. The predicted molar refractivity (Wildman–Crippen MR) is 105 cm³/mol. The molecule has 0 aliphatic heterocycles. The highest BCUT2D eigenvalue weighted by molar-refractivity contribution is 7.17. The molecular weight excluding hydrogens is 378 g/mol. The molecule has 1 aliphatic rings. The Morgan fingerprint density at radius 3 is 2.86 bits per heavy atom. The number of furan rings is 1. The summed E-state index contributed by atoms with van der Waals surface area (Å²) in [7, 11) is 0. The molecule has 4 rings (SSSR count). The van der Waals surface area contributed by atoms with Crippen LogP contribution >= 0.6 is 11.3 Å². The van der Waals surface area contributed by atoms with Crippen LogP contribution in [0.15, 0.2) is 27.3 Å². The average Bonchev–Trinajstić information content (AvgIpc) is 3.43. The Bertz CT molecular complexity index is 1020. The standard InChI is InChI=1S/C20H21N3O4S/c1-3-14-16(11(2)27-23-14)19(25)22-20-17(13-7-4-8-15(13)28-20)18(24)21-10-12-6-5-9-26-12/h5-6,9H,3-4,7-8,10H2,1-2H3,(H,21,24)(H,22,25). The van der Waals surface area contributed by atoms with E-state index in [9.17, 15) is 9.59 Å². The highest BCUT2D eigenvalue weighted by Crippen LogP contribution is 2.39. The summed E-state index contributed by atoms with van der Waals surface area (Å²) in [6, 6.07) is 3.59. The third-order valence-electron chi connectivity index (χ3n) is 4.87. The molecule has 0 bridgehead atoms. The topological polar surface area (TPSA) is 97.4 Å². The zero-order valence-electron chi connectivity index (χ0n) is 15.8. The average molecular weight is 399 g/mol. The normalized spacial score (nSPS) is 12.8. The van der Waals surface area contributed by atoms with Gasteiger partial charge in [-0.05, 0) is 50.3 Å². The van der Waals surface area contributed by atoms with Gasteiger partial charge in [0.25, 0.3) is 11.8 Å². The fraction of sp³-hybridized carbons (Fsp3) is 0.350. The number of hydrogen-bond donors (Lipinski definition) is 2. The molecule has 2 N–H and O–H groups in total. The van der Waals surface area contributed by atoms with E-state index in [1.807, 2.05) is 13.0 Å². The summed E-state index contributed by atoms with van der Waals surface area (Å²) in [4.78, 5) is 26.9. The minimum Gasteiger partial charge on any atom is -0.467 e. The molecule has 0 saturated carbocycles. The van der Waals surface area contributed by atoms with Crippen molar-refractivity contribution in [1.29, 1.82) is 0 Å². The van der Waals surface area contributed by atoms with Crippen LogP contribution in [-0.2, 0) is 25.8 Å². The Morgan fingerprint density at radius 2 is 2.11 bits per heavy atom. The summed E-state index contributed by atoms with van der Waals surface area (Å²) >= 11 is 1.48. The first-order chi connectivity index (χ1) is 13.6. The van der Waals surface area contributed by atoms with Crippen molar-refractivity contribution in [3.05, 3.63) is 57.2 Å². The highest BCUT2D eigenvalue weighted by Gasteiger charge is 2.29. The van der Waals surface area contributed by atoms with Crippen molar-refractivity contribution in [3.63, 3.8) is 0 Å². The lowest BCUT2D eigenvalue weighted by atomic mass is 10.1. The first kappa shape index (κ1) is 18.5. The number of aromatic nitrogens is 1. The van der Waals surface area contributed by atoms with Crippen molar-refractivity contribution in [2.75, 3.05) is 5.32 Å². The number of carbonyl (C=O) groups is 2. The first-order valence-corrected chi connectivity index (χ1v) is 10.1. The number of nitrogens with one attached hydrogen (secondary N) is 2. The van der Waals surface area contributed by atoms with Crippen molar-refractivity contribution >= 4 is 28.2 Å². The van der Waals surface area contributed by atoms with E-state index in [2.05, 4.69) is 15.8 Å². The molecule has 3 heterocycles. The minimum atomic E-state index is -0.296. The molecule has 7 nitrogen and oxygen atoms in total. The minimum absolute atomic E-state index is 0.205. The smallest absolute Gasteiger partial charge is 0.261 e. The van der Waals surface area contributed by atoms with E-state index >= 15 is 0 Å². The monoisotopic (exact) mass is 399 g/mol. The molecule has 0 radical (unpaired) electrons. The van der Waals surface area contributed by atoms with Crippen molar-refractivity contribution in [3.8, 4) is 0 Å². The SMILES string of the molecule is CCc1noc(C)c1C(=O)Nc1sc2c(c1C(=O)NCc1ccco1)CCC2. The number of aryl methyl sites for hydroxylation is 3. The second-order valence-corrected chi connectivity index (χ2v) is 7.80. The molecule has 3 aromatic heterocycles. The lowest BCUT2D eigenvalue weighted by molar-refractivity contribution is 0.0948. The van der Waals surface area contributed by atoms with Crippen molar-refractivity contribution in [2.24, 2.45) is 0 Å². The van der Waals surface area contributed by atoms with Crippen molar-refractivity contribution in [1.82, 2.24) is 10.5 Å². The van der Waals surface area contributed by atoms with Crippen LogP contribution in [0.4, 0.5) is 5.00 Å². The van der Waals surface area contributed by atoms with Gasteiger partial charge in [-0.1, -0.05) is 12.1 Å². The first-order valence-electron chi connectivity index (χ1n) is 9.30. The van der Waals surface area contributed by atoms with Crippen LogP contribution < -0.4 is 10.6 Å². The molecule has 28 heavy (non-hydrogen) atoms. The van der Waals surface area contributed by atoms with Crippen molar-refractivity contribution in [2.45, 2.75) is 46.1 Å². The number of fused-ring (bicyclic) bond motifs is 1. The fourth-order valence-corrected chi connectivity index (χ4v) is 4.80. The van der Waals surface area contributed by atoms with Crippen LogP contribution in [0, 0.1) is 6.92 Å². The van der Waals surface area contributed by atoms with Gasteiger partial charge in [-0.3, -0.25) is 9.59 Å².